The van der Waals surface area contributed by atoms with Crippen molar-refractivity contribution in [3.63, 3.8) is 0 Å². The Hall–Kier alpha value is -1.11. The third kappa shape index (κ3) is 3.22. The number of guanidine groups is 1. The number of morpholine rings is 1. The third-order valence-corrected chi connectivity index (χ3v) is 4.06. The maximum atomic E-state index is 10.3. The van der Waals surface area contributed by atoms with Crippen molar-refractivity contribution in [2.24, 2.45) is 10.7 Å². The molecule has 1 fully saturated rings. The van der Waals surface area contributed by atoms with E-state index in [4.69, 9.17) is 10.5 Å². The first-order valence-corrected chi connectivity index (χ1v) is 6.86. The maximum absolute atomic E-state index is 10.3. The number of nitrogens with two attached hydrogens (primary N) is 1. The minimum atomic E-state index is -0.953. The van der Waals surface area contributed by atoms with Crippen LogP contribution in [0.5, 0.6) is 0 Å². The number of nitrogens with zero attached hydrogens (tertiary/aromatic N) is 2. The van der Waals surface area contributed by atoms with E-state index in [0.717, 1.165) is 18.0 Å². The average Bonchev–Trinajstić information content (AvgIpc) is 2.92. The first-order valence-electron chi connectivity index (χ1n) is 5.98. The Bertz CT molecular complexity index is 397. The van der Waals surface area contributed by atoms with Crippen LogP contribution < -0.4 is 5.73 Å². The predicted molar refractivity (Wildman–Crippen MR) is 72.8 cm³/mol. The summed E-state index contributed by atoms with van der Waals surface area (Å²) in [5.74, 6) is 0.482. The van der Waals surface area contributed by atoms with Crippen molar-refractivity contribution in [1.82, 2.24) is 4.90 Å². The summed E-state index contributed by atoms with van der Waals surface area (Å²) < 4.78 is 5.25. The minimum absolute atomic E-state index is 0.275. The van der Waals surface area contributed by atoms with Gasteiger partial charge >= 0.3 is 0 Å². The number of rotatable bonds is 3. The molecule has 1 atom stereocenters. The molecule has 0 saturated carbocycles. The second kappa shape index (κ2) is 5.69. The lowest BCUT2D eigenvalue weighted by atomic mass is 10.1. The van der Waals surface area contributed by atoms with Crippen molar-refractivity contribution in [3.05, 3.63) is 22.4 Å². The van der Waals surface area contributed by atoms with Crippen molar-refractivity contribution >= 4 is 17.3 Å². The molecule has 0 spiro atoms. The van der Waals surface area contributed by atoms with E-state index in [1.165, 1.54) is 11.3 Å². The zero-order valence-electron chi connectivity index (χ0n) is 10.5. The van der Waals surface area contributed by atoms with Gasteiger partial charge in [-0.2, -0.15) is 0 Å². The van der Waals surface area contributed by atoms with Gasteiger partial charge in [0.05, 0.1) is 19.8 Å². The van der Waals surface area contributed by atoms with Crippen molar-refractivity contribution in [3.8, 4) is 0 Å². The van der Waals surface area contributed by atoms with Gasteiger partial charge in [-0.25, -0.2) is 4.99 Å². The van der Waals surface area contributed by atoms with Gasteiger partial charge in [0.25, 0.3) is 0 Å². The normalized spacial score (nSPS) is 20.8. The Kier molecular flexibility index (Phi) is 4.21. The number of hydrogen-bond acceptors (Lipinski definition) is 4. The van der Waals surface area contributed by atoms with E-state index in [2.05, 4.69) is 4.99 Å². The lowest BCUT2D eigenvalue weighted by Crippen LogP contribution is -2.45. The molecule has 0 amide bonds. The van der Waals surface area contributed by atoms with Crippen LogP contribution in [0, 0.1) is 0 Å². The molecule has 1 aliphatic heterocycles. The minimum Gasteiger partial charge on any atom is -0.383 e. The lowest BCUT2D eigenvalue weighted by Gasteiger charge is -2.28. The molecule has 0 aromatic carbocycles. The van der Waals surface area contributed by atoms with Crippen LogP contribution in [0.25, 0.3) is 0 Å². The summed E-state index contributed by atoms with van der Waals surface area (Å²) in [5, 5.41) is 12.3. The topological polar surface area (TPSA) is 71.1 Å². The number of ether oxygens (including phenoxy) is 1. The molecule has 6 heteroatoms. The van der Waals surface area contributed by atoms with E-state index < -0.39 is 5.60 Å². The zero-order chi connectivity index (χ0) is 13.0. The first-order chi connectivity index (χ1) is 8.59. The highest BCUT2D eigenvalue weighted by molar-refractivity contribution is 7.10. The predicted octanol–water partition coefficient (Wildman–Crippen LogP) is 0.603. The van der Waals surface area contributed by atoms with Gasteiger partial charge in [-0.05, 0) is 18.4 Å². The van der Waals surface area contributed by atoms with E-state index in [1.54, 1.807) is 6.92 Å². The fraction of sp³-hybridized carbons (Fsp3) is 0.583. The van der Waals surface area contributed by atoms with Crippen LogP contribution >= 0.6 is 11.3 Å². The summed E-state index contributed by atoms with van der Waals surface area (Å²) in [6.07, 6.45) is 0. The standard InChI is InChI=1S/C12H19N3O2S/c1-12(16,10-3-2-8-18-10)9-14-11(13)15-4-6-17-7-5-15/h2-3,8,16H,4-7,9H2,1H3,(H2,13,14). The number of aliphatic hydroxyl groups is 1. The maximum Gasteiger partial charge on any atom is 0.191 e. The summed E-state index contributed by atoms with van der Waals surface area (Å²) in [7, 11) is 0. The fourth-order valence-electron chi connectivity index (χ4n) is 1.79. The summed E-state index contributed by atoms with van der Waals surface area (Å²) in [4.78, 5) is 7.18. The van der Waals surface area contributed by atoms with Crippen molar-refractivity contribution in [1.29, 1.82) is 0 Å². The Morgan fingerprint density at radius 3 is 2.94 bits per heavy atom. The van der Waals surface area contributed by atoms with Crippen LogP contribution in [0.2, 0.25) is 0 Å². The smallest absolute Gasteiger partial charge is 0.191 e. The van der Waals surface area contributed by atoms with Crippen LogP contribution in [-0.4, -0.2) is 48.8 Å². The third-order valence-electron chi connectivity index (χ3n) is 2.94. The molecular formula is C12H19N3O2S. The highest BCUT2D eigenvalue weighted by Gasteiger charge is 2.24. The van der Waals surface area contributed by atoms with Gasteiger partial charge in [-0.15, -0.1) is 11.3 Å². The Balaban J connectivity index is 1.96. The van der Waals surface area contributed by atoms with E-state index in [0.29, 0.717) is 19.2 Å². The largest absolute Gasteiger partial charge is 0.383 e. The monoisotopic (exact) mass is 269 g/mol. The molecule has 5 nitrogen and oxygen atoms in total. The summed E-state index contributed by atoms with van der Waals surface area (Å²) in [6, 6.07) is 3.83. The second-order valence-electron chi connectivity index (χ2n) is 4.53. The van der Waals surface area contributed by atoms with Crippen molar-refractivity contribution in [2.45, 2.75) is 12.5 Å². The van der Waals surface area contributed by atoms with Gasteiger partial charge < -0.3 is 20.5 Å². The van der Waals surface area contributed by atoms with Gasteiger partial charge in [-0.3, -0.25) is 0 Å². The van der Waals surface area contributed by atoms with Crippen molar-refractivity contribution < 1.29 is 9.84 Å². The lowest BCUT2D eigenvalue weighted by molar-refractivity contribution is 0.0634. The van der Waals surface area contributed by atoms with Crippen LogP contribution in [0.15, 0.2) is 22.5 Å². The first kappa shape index (κ1) is 13.3. The van der Waals surface area contributed by atoms with E-state index in [1.807, 2.05) is 22.4 Å². The Labute approximate surface area is 111 Å². The number of hydrogen-bond donors (Lipinski definition) is 2. The van der Waals surface area contributed by atoms with Crippen LogP contribution in [-0.2, 0) is 10.3 Å². The molecular weight excluding hydrogens is 250 g/mol. The molecule has 18 heavy (non-hydrogen) atoms. The van der Waals surface area contributed by atoms with Crippen LogP contribution in [0.3, 0.4) is 0 Å². The molecule has 0 aliphatic carbocycles. The molecule has 3 N–H and O–H groups in total. The van der Waals surface area contributed by atoms with Gasteiger partial charge in [0.2, 0.25) is 0 Å². The van der Waals surface area contributed by atoms with Gasteiger partial charge in [0, 0.05) is 18.0 Å². The number of aliphatic imine (C=N–C) groups is 1. The van der Waals surface area contributed by atoms with E-state index >= 15 is 0 Å². The summed E-state index contributed by atoms with van der Waals surface area (Å²) >= 11 is 1.52. The molecule has 2 rings (SSSR count). The van der Waals surface area contributed by atoms with Gasteiger partial charge in [0.15, 0.2) is 5.96 Å². The molecule has 1 aromatic rings. The molecule has 1 aliphatic rings. The molecule has 0 radical (unpaired) electrons. The second-order valence-corrected chi connectivity index (χ2v) is 5.47. The van der Waals surface area contributed by atoms with Crippen molar-refractivity contribution in [2.75, 3.05) is 32.8 Å². The molecule has 100 valence electrons. The SMILES string of the molecule is CC(O)(CN=C(N)N1CCOCC1)c1cccs1. The molecule has 1 aromatic heterocycles. The molecule has 1 unspecified atom stereocenters. The summed E-state index contributed by atoms with van der Waals surface area (Å²) in [6.45, 7) is 4.91. The number of thiophene rings is 1. The van der Waals surface area contributed by atoms with Gasteiger partial charge in [-0.1, -0.05) is 6.07 Å². The van der Waals surface area contributed by atoms with E-state index in [-0.39, 0.29) is 6.54 Å². The Morgan fingerprint density at radius 2 is 2.33 bits per heavy atom. The molecule has 1 saturated heterocycles. The quantitative estimate of drug-likeness (QED) is 0.623. The average molecular weight is 269 g/mol. The Morgan fingerprint density at radius 1 is 1.61 bits per heavy atom. The highest BCUT2D eigenvalue weighted by Crippen LogP contribution is 2.25. The van der Waals surface area contributed by atoms with Crippen LogP contribution in [0.4, 0.5) is 0 Å². The summed E-state index contributed by atoms with van der Waals surface area (Å²) in [5.41, 5.74) is 4.97. The van der Waals surface area contributed by atoms with Gasteiger partial charge in [0.1, 0.15) is 5.60 Å². The van der Waals surface area contributed by atoms with Crippen LogP contribution in [0.1, 0.15) is 11.8 Å². The molecule has 2 heterocycles. The highest BCUT2D eigenvalue weighted by atomic mass is 32.1. The van der Waals surface area contributed by atoms with E-state index in [9.17, 15) is 5.11 Å². The fourth-order valence-corrected chi connectivity index (χ4v) is 2.57. The molecule has 0 bridgehead atoms. The zero-order valence-corrected chi connectivity index (χ0v) is 11.3.